The van der Waals surface area contributed by atoms with Gasteiger partial charge in [-0.3, -0.25) is 9.69 Å². The molecule has 5 rings (SSSR count). The van der Waals surface area contributed by atoms with Gasteiger partial charge in [-0.2, -0.15) is 4.98 Å². The molecule has 0 saturated carbocycles. The lowest BCUT2D eigenvalue weighted by atomic mass is 10.1. The Morgan fingerprint density at radius 2 is 1.80 bits per heavy atom. The molecule has 35 heavy (non-hydrogen) atoms. The van der Waals surface area contributed by atoms with Gasteiger partial charge in [0.2, 0.25) is 5.95 Å². The van der Waals surface area contributed by atoms with Gasteiger partial charge in [0.15, 0.2) is 0 Å². The second-order valence-corrected chi connectivity index (χ2v) is 9.87. The van der Waals surface area contributed by atoms with Gasteiger partial charge in [0.05, 0.1) is 22.4 Å². The molecule has 3 heterocycles. The van der Waals surface area contributed by atoms with Crippen molar-refractivity contribution in [1.82, 2.24) is 15.3 Å². The molecular weight excluding hydrogens is 485 g/mol. The van der Waals surface area contributed by atoms with Crippen LogP contribution in [0.25, 0.3) is 0 Å². The number of nitrogens with one attached hydrogen (secondary N) is 2. The molecule has 0 unspecified atom stereocenters. The molecule has 1 amide bonds. The highest BCUT2D eigenvalue weighted by Gasteiger charge is 2.32. The fraction of sp³-hybridized carbons (Fsp3) is 0.320. The molecular formula is C25H27Cl2N7O. The maximum Gasteiger partial charge on any atom is 0.265 e. The number of carbonyl (C=O) groups is 1. The summed E-state index contributed by atoms with van der Waals surface area (Å²) in [5, 5.41) is 7.59. The number of carbonyl (C=O) groups excluding carboxylic acids is 1. The van der Waals surface area contributed by atoms with Crippen molar-refractivity contribution in [3.8, 4) is 0 Å². The Morgan fingerprint density at radius 3 is 2.51 bits per heavy atom. The predicted molar refractivity (Wildman–Crippen MR) is 143 cm³/mol. The van der Waals surface area contributed by atoms with E-state index in [1.165, 1.54) is 5.69 Å². The van der Waals surface area contributed by atoms with Crippen LogP contribution < -0.4 is 25.3 Å². The monoisotopic (exact) mass is 511 g/mol. The van der Waals surface area contributed by atoms with E-state index < -0.39 is 0 Å². The maximum atomic E-state index is 13.2. The molecule has 2 aromatic carbocycles. The first kappa shape index (κ1) is 23.7. The van der Waals surface area contributed by atoms with E-state index in [2.05, 4.69) is 51.5 Å². The van der Waals surface area contributed by atoms with Gasteiger partial charge in [-0.15, -0.1) is 0 Å². The number of fused-ring (bicyclic) bond motifs is 1. The summed E-state index contributed by atoms with van der Waals surface area (Å²) in [6, 6.07) is 14.3. The highest BCUT2D eigenvalue weighted by molar-refractivity contribution is 6.40. The topological polar surface area (TPSA) is 76.6 Å². The lowest BCUT2D eigenvalue weighted by Crippen LogP contribution is -2.54. The van der Waals surface area contributed by atoms with Crippen molar-refractivity contribution in [2.75, 3.05) is 46.8 Å². The number of halogens is 2. The molecule has 8 nitrogen and oxygen atoms in total. The number of benzene rings is 2. The van der Waals surface area contributed by atoms with Gasteiger partial charge >= 0.3 is 0 Å². The van der Waals surface area contributed by atoms with Gasteiger partial charge in [0, 0.05) is 49.8 Å². The normalized spacial score (nSPS) is 20.1. The summed E-state index contributed by atoms with van der Waals surface area (Å²) in [6.07, 6.45) is 1.54. The van der Waals surface area contributed by atoms with Crippen LogP contribution in [-0.2, 0) is 0 Å². The molecule has 1 aromatic heterocycles. The summed E-state index contributed by atoms with van der Waals surface area (Å²) >= 11 is 12.7. The number of anilines is 5. The molecule has 2 aliphatic rings. The molecule has 0 spiro atoms. The molecule has 182 valence electrons. The van der Waals surface area contributed by atoms with Crippen molar-refractivity contribution in [1.29, 1.82) is 0 Å². The van der Waals surface area contributed by atoms with Crippen LogP contribution in [0.4, 0.5) is 28.8 Å². The smallest absolute Gasteiger partial charge is 0.265 e. The number of piperazine rings is 1. The van der Waals surface area contributed by atoms with Crippen molar-refractivity contribution in [3.63, 3.8) is 0 Å². The van der Waals surface area contributed by atoms with E-state index in [0.717, 1.165) is 18.8 Å². The van der Waals surface area contributed by atoms with Crippen molar-refractivity contribution in [2.45, 2.75) is 25.9 Å². The van der Waals surface area contributed by atoms with Crippen molar-refractivity contribution in [2.24, 2.45) is 0 Å². The van der Waals surface area contributed by atoms with E-state index in [4.69, 9.17) is 23.2 Å². The van der Waals surface area contributed by atoms with E-state index in [-0.39, 0.29) is 12.6 Å². The Balaban J connectivity index is 1.35. The number of nitrogens with zero attached hydrogens (tertiary/aromatic N) is 5. The largest absolute Gasteiger partial charge is 0.366 e. The summed E-state index contributed by atoms with van der Waals surface area (Å²) in [5.41, 5.74) is 2.93. The standard InChI is InChI=1S/C25H27Cl2N7O/c1-15-13-33(16(2)11-28-15)18-9-7-17(8-10-18)30-25-29-12-19-23(31-25)32(3)14-34(24(19)35)22-20(26)5-4-6-21(22)27/h4-10,12,15-16,28H,11,13-14H2,1-3H3,(H,29,30,31)/t15-,16-/m1/s1. The lowest BCUT2D eigenvalue weighted by molar-refractivity contribution is 0.0982. The molecule has 1 saturated heterocycles. The zero-order chi connectivity index (χ0) is 24.7. The molecule has 2 N–H and O–H groups in total. The summed E-state index contributed by atoms with van der Waals surface area (Å²) in [7, 11) is 1.87. The van der Waals surface area contributed by atoms with Crippen molar-refractivity contribution in [3.05, 3.63) is 64.3 Å². The van der Waals surface area contributed by atoms with Crippen molar-refractivity contribution < 1.29 is 4.79 Å². The zero-order valence-electron chi connectivity index (χ0n) is 19.8. The number of hydrogen-bond acceptors (Lipinski definition) is 7. The maximum absolute atomic E-state index is 13.2. The van der Waals surface area contributed by atoms with Crippen LogP contribution in [0.3, 0.4) is 0 Å². The minimum atomic E-state index is -0.247. The van der Waals surface area contributed by atoms with Gasteiger partial charge in [0.1, 0.15) is 11.4 Å². The Morgan fingerprint density at radius 1 is 1.09 bits per heavy atom. The number of rotatable bonds is 4. The van der Waals surface area contributed by atoms with Crippen LogP contribution in [0.2, 0.25) is 10.0 Å². The fourth-order valence-corrected chi connectivity index (χ4v) is 5.13. The summed E-state index contributed by atoms with van der Waals surface area (Å²) in [6.45, 7) is 6.63. The van der Waals surface area contributed by atoms with Gasteiger partial charge in [-0.25, -0.2) is 4.98 Å². The third-order valence-electron chi connectivity index (χ3n) is 6.39. The van der Waals surface area contributed by atoms with Crippen LogP contribution in [0.15, 0.2) is 48.7 Å². The SMILES string of the molecule is C[C@@H]1CN(c2ccc(Nc3ncc4c(n3)N(C)CN(c3c(Cl)cccc3Cl)C4=O)cc2)[C@H](C)CN1. The summed E-state index contributed by atoms with van der Waals surface area (Å²) in [4.78, 5) is 28.1. The Labute approximate surface area is 214 Å². The second kappa shape index (κ2) is 9.53. The van der Waals surface area contributed by atoms with E-state index in [1.54, 1.807) is 29.3 Å². The highest BCUT2D eigenvalue weighted by Crippen LogP contribution is 2.37. The number of para-hydroxylation sites is 1. The number of amides is 1. The lowest BCUT2D eigenvalue weighted by Gasteiger charge is -2.39. The van der Waals surface area contributed by atoms with Crippen LogP contribution >= 0.6 is 23.2 Å². The molecule has 10 heteroatoms. The Bertz CT molecular complexity index is 1230. The second-order valence-electron chi connectivity index (χ2n) is 9.06. The molecule has 0 radical (unpaired) electrons. The summed E-state index contributed by atoms with van der Waals surface area (Å²) in [5.74, 6) is 0.722. The van der Waals surface area contributed by atoms with Gasteiger partial charge in [-0.1, -0.05) is 29.3 Å². The predicted octanol–water partition coefficient (Wildman–Crippen LogP) is 4.77. The van der Waals surface area contributed by atoms with E-state index >= 15 is 0 Å². The molecule has 0 bridgehead atoms. The first-order chi connectivity index (χ1) is 16.8. The number of aromatic nitrogens is 2. The first-order valence-electron chi connectivity index (χ1n) is 11.5. The van der Waals surface area contributed by atoms with E-state index in [9.17, 15) is 4.79 Å². The first-order valence-corrected chi connectivity index (χ1v) is 12.3. The van der Waals surface area contributed by atoms with Gasteiger partial charge in [0.25, 0.3) is 5.91 Å². The molecule has 2 atom stereocenters. The van der Waals surface area contributed by atoms with Crippen molar-refractivity contribution >= 4 is 57.9 Å². The molecule has 2 aliphatic heterocycles. The van der Waals surface area contributed by atoms with Gasteiger partial charge < -0.3 is 20.4 Å². The molecule has 0 aliphatic carbocycles. The van der Waals surface area contributed by atoms with Crippen LogP contribution in [0, 0.1) is 0 Å². The fourth-order valence-electron chi connectivity index (χ4n) is 4.53. The zero-order valence-corrected chi connectivity index (χ0v) is 21.3. The third-order valence-corrected chi connectivity index (χ3v) is 7.00. The van der Waals surface area contributed by atoms with Crippen LogP contribution in [0.5, 0.6) is 0 Å². The average molecular weight is 512 g/mol. The highest BCUT2D eigenvalue weighted by atomic mass is 35.5. The van der Waals surface area contributed by atoms with E-state index in [0.29, 0.717) is 45.1 Å². The quantitative estimate of drug-likeness (QED) is 0.522. The Hall–Kier alpha value is -3.07. The Kier molecular flexibility index (Phi) is 6.44. The van der Waals surface area contributed by atoms with Gasteiger partial charge in [-0.05, 0) is 50.2 Å². The molecule has 3 aromatic rings. The third kappa shape index (κ3) is 4.61. The minimum absolute atomic E-state index is 0.247. The van der Waals surface area contributed by atoms with Crippen LogP contribution in [0.1, 0.15) is 24.2 Å². The molecule has 1 fully saturated rings. The average Bonchev–Trinajstić information content (AvgIpc) is 2.84. The summed E-state index contributed by atoms with van der Waals surface area (Å²) < 4.78 is 0. The minimum Gasteiger partial charge on any atom is -0.366 e. The number of hydrogen-bond donors (Lipinski definition) is 2. The van der Waals surface area contributed by atoms with E-state index in [1.807, 2.05) is 24.1 Å². The van der Waals surface area contributed by atoms with Crippen LogP contribution in [-0.4, -0.2) is 54.8 Å².